The van der Waals surface area contributed by atoms with Crippen molar-refractivity contribution in [2.45, 2.75) is 32.2 Å². The lowest BCUT2D eigenvalue weighted by Crippen LogP contribution is -2.66. The molecule has 2 aromatic rings. The number of halogens is 1. The summed E-state index contributed by atoms with van der Waals surface area (Å²) in [7, 11) is 0. The third kappa shape index (κ3) is 3.01. The Bertz CT molecular complexity index is 789. The summed E-state index contributed by atoms with van der Waals surface area (Å²) in [5.74, 6) is 0.567. The van der Waals surface area contributed by atoms with Gasteiger partial charge in [0.25, 0.3) is 5.91 Å². The van der Waals surface area contributed by atoms with Gasteiger partial charge in [-0.05, 0) is 31.9 Å². The number of benzene rings is 1. The number of nitrogens with zero attached hydrogens (tertiary/aromatic N) is 2. The second kappa shape index (κ2) is 6.28. The van der Waals surface area contributed by atoms with Gasteiger partial charge in [-0.2, -0.15) is 0 Å². The molecule has 1 aliphatic heterocycles. The number of hydrogen-bond acceptors (Lipinski definition) is 4. The lowest BCUT2D eigenvalue weighted by atomic mass is 9.85. The fourth-order valence-corrected chi connectivity index (χ4v) is 2.97. The highest BCUT2D eigenvalue weighted by molar-refractivity contribution is 6.31. The van der Waals surface area contributed by atoms with E-state index in [1.807, 2.05) is 18.2 Å². The number of carbonyl (C=O) groups is 2. The zero-order valence-electron chi connectivity index (χ0n) is 13.5. The molecule has 1 aromatic carbocycles. The van der Waals surface area contributed by atoms with E-state index in [1.54, 1.807) is 30.9 Å². The molecule has 6 nitrogen and oxygen atoms in total. The van der Waals surface area contributed by atoms with Crippen LogP contribution in [0.3, 0.4) is 0 Å². The van der Waals surface area contributed by atoms with Crippen molar-refractivity contribution in [3.63, 3.8) is 0 Å². The van der Waals surface area contributed by atoms with Crippen molar-refractivity contribution in [2.24, 2.45) is 0 Å². The van der Waals surface area contributed by atoms with E-state index in [-0.39, 0.29) is 18.2 Å². The molecule has 3 rings (SSSR count). The van der Waals surface area contributed by atoms with Gasteiger partial charge >= 0.3 is 0 Å². The molecule has 1 saturated heterocycles. The standard InChI is InChI=1S/C17H18ClN3O3/c1-11-9-14(20-24-11)19-16(23)17(2)7-8-21(17)15(22)10-12-5-3-4-6-13(12)18/h3-6,9H,7-8,10H2,1-2H3,(H,19,20,23). The fraction of sp³-hybridized carbons (Fsp3) is 0.353. The highest BCUT2D eigenvalue weighted by Gasteiger charge is 2.49. The Morgan fingerprint density at radius 1 is 1.42 bits per heavy atom. The Labute approximate surface area is 144 Å². The van der Waals surface area contributed by atoms with Crippen molar-refractivity contribution < 1.29 is 14.1 Å². The van der Waals surface area contributed by atoms with Gasteiger partial charge in [-0.25, -0.2) is 0 Å². The number of anilines is 1. The normalized spacial score (nSPS) is 19.7. The van der Waals surface area contributed by atoms with E-state index in [4.69, 9.17) is 16.1 Å². The van der Waals surface area contributed by atoms with Gasteiger partial charge < -0.3 is 14.7 Å². The molecular formula is C17H18ClN3O3. The molecule has 1 fully saturated rings. The summed E-state index contributed by atoms with van der Waals surface area (Å²) in [5, 5.41) is 7.00. The first kappa shape index (κ1) is 16.5. The van der Waals surface area contributed by atoms with Gasteiger partial charge in [0.2, 0.25) is 5.91 Å². The van der Waals surface area contributed by atoms with Gasteiger partial charge in [-0.3, -0.25) is 9.59 Å². The number of nitrogens with one attached hydrogen (secondary N) is 1. The molecule has 0 radical (unpaired) electrons. The van der Waals surface area contributed by atoms with Crippen LogP contribution in [0.1, 0.15) is 24.7 Å². The molecule has 7 heteroatoms. The van der Waals surface area contributed by atoms with E-state index in [2.05, 4.69) is 10.5 Å². The molecule has 0 aliphatic carbocycles. The molecule has 24 heavy (non-hydrogen) atoms. The monoisotopic (exact) mass is 347 g/mol. The van der Waals surface area contributed by atoms with E-state index < -0.39 is 5.54 Å². The number of aryl methyl sites for hydroxylation is 1. The van der Waals surface area contributed by atoms with Gasteiger partial charge in [0.15, 0.2) is 5.82 Å². The minimum absolute atomic E-state index is 0.122. The van der Waals surface area contributed by atoms with Crippen LogP contribution in [0.4, 0.5) is 5.82 Å². The van der Waals surface area contributed by atoms with Crippen molar-refractivity contribution >= 4 is 29.2 Å². The average molecular weight is 348 g/mol. The number of aromatic nitrogens is 1. The van der Waals surface area contributed by atoms with Crippen molar-refractivity contribution in [3.8, 4) is 0 Å². The highest BCUT2D eigenvalue weighted by atomic mass is 35.5. The van der Waals surface area contributed by atoms with E-state index >= 15 is 0 Å². The molecule has 1 unspecified atom stereocenters. The zero-order valence-corrected chi connectivity index (χ0v) is 14.3. The predicted molar refractivity (Wildman–Crippen MR) is 89.8 cm³/mol. The van der Waals surface area contributed by atoms with E-state index in [1.165, 1.54) is 0 Å². The van der Waals surface area contributed by atoms with Gasteiger partial charge in [-0.15, -0.1) is 0 Å². The van der Waals surface area contributed by atoms with Crippen LogP contribution in [-0.4, -0.2) is 34.0 Å². The van der Waals surface area contributed by atoms with Gasteiger partial charge in [-0.1, -0.05) is 35.0 Å². The zero-order chi connectivity index (χ0) is 17.3. The second-order valence-electron chi connectivity index (χ2n) is 6.11. The number of amides is 2. The highest BCUT2D eigenvalue weighted by Crippen LogP contribution is 2.32. The molecule has 1 N–H and O–H groups in total. The quantitative estimate of drug-likeness (QED) is 0.922. The van der Waals surface area contributed by atoms with E-state index in [0.717, 1.165) is 5.56 Å². The lowest BCUT2D eigenvalue weighted by molar-refractivity contribution is -0.154. The summed E-state index contributed by atoms with van der Waals surface area (Å²) in [6, 6.07) is 8.85. The Hall–Kier alpha value is -2.34. The van der Waals surface area contributed by atoms with E-state index in [0.29, 0.717) is 29.6 Å². The number of rotatable bonds is 4. The first-order chi connectivity index (χ1) is 11.4. The number of hydrogen-bond donors (Lipinski definition) is 1. The predicted octanol–water partition coefficient (Wildman–Crippen LogP) is 2.81. The lowest BCUT2D eigenvalue weighted by Gasteiger charge is -2.49. The first-order valence-electron chi connectivity index (χ1n) is 7.69. The molecule has 0 bridgehead atoms. The maximum atomic E-state index is 12.6. The van der Waals surface area contributed by atoms with Crippen LogP contribution in [0.25, 0.3) is 0 Å². The van der Waals surface area contributed by atoms with Crippen LogP contribution >= 0.6 is 11.6 Å². The minimum atomic E-state index is -0.884. The maximum absolute atomic E-state index is 12.6. The van der Waals surface area contributed by atoms with Crippen LogP contribution in [0.5, 0.6) is 0 Å². The van der Waals surface area contributed by atoms with Gasteiger partial charge in [0, 0.05) is 17.6 Å². The van der Waals surface area contributed by atoms with Gasteiger partial charge in [0.05, 0.1) is 6.42 Å². The summed E-state index contributed by atoms with van der Waals surface area (Å²) in [5.41, 5.74) is -0.128. The Morgan fingerprint density at radius 2 is 2.17 bits per heavy atom. The molecule has 0 saturated carbocycles. The molecule has 1 atom stereocenters. The topological polar surface area (TPSA) is 75.4 Å². The largest absolute Gasteiger partial charge is 0.360 e. The summed E-state index contributed by atoms with van der Waals surface area (Å²) in [6.45, 7) is 4.04. The average Bonchev–Trinajstić information content (AvgIpc) is 2.92. The van der Waals surface area contributed by atoms with Crippen molar-refractivity contribution in [1.82, 2.24) is 10.1 Å². The third-order valence-corrected chi connectivity index (χ3v) is 4.75. The van der Waals surface area contributed by atoms with Crippen LogP contribution in [0.2, 0.25) is 5.02 Å². The van der Waals surface area contributed by atoms with E-state index in [9.17, 15) is 9.59 Å². The number of likely N-dealkylation sites (tertiary alicyclic amines) is 1. The summed E-state index contributed by atoms with van der Waals surface area (Å²) in [4.78, 5) is 26.7. The van der Waals surface area contributed by atoms with Crippen LogP contribution in [-0.2, 0) is 16.0 Å². The Balaban J connectivity index is 1.69. The van der Waals surface area contributed by atoms with Crippen LogP contribution < -0.4 is 5.32 Å². The SMILES string of the molecule is Cc1cc(NC(=O)C2(C)CCN2C(=O)Cc2ccccc2Cl)no1. The number of carbonyl (C=O) groups excluding carboxylic acids is 2. The fourth-order valence-electron chi connectivity index (χ4n) is 2.77. The summed E-state index contributed by atoms with van der Waals surface area (Å²) >= 11 is 6.11. The van der Waals surface area contributed by atoms with Crippen molar-refractivity contribution in [3.05, 3.63) is 46.7 Å². The van der Waals surface area contributed by atoms with Crippen molar-refractivity contribution in [1.29, 1.82) is 0 Å². The molecule has 1 aliphatic rings. The second-order valence-corrected chi connectivity index (χ2v) is 6.52. The molecule has 0 spiro atoms. The third-order valence-electron chi connectivity index (χ3n) is 4.38. The van der Waals surface area contributed by atoms with Crippen LogP contribution in [0, 0.1) is 6.92 Å². The Kier molecular flexibility index (Phi) is 4.32. The molecule has 2 amide bonds. The summed E-state index contributed by atoms with van der Waals surface area (Å²) < 4.78 is 4.94. The minimum Gasteiger partial charge on any atom is -0.360 e. The smallest absolute Gasteiger partial charge is 0.251 e. The molecule has 126 valence electrons. The first-order valence-corrected chi connectivity index (χ1v) is 8.06. The van der Waals surface area contributed by atoms with Crippen molar-refractivity contribution in [2.75, 3.05) is 11.9 Å². The van der Waals surface area contributed by atoms with Crippen LogP contribution in [0.15, 0.2) is 34.9 Å². The van der Waals surface area contributed by atoms with Gasteiger partial charge in [0.1, 0.15) is 11.3 Å². The molecule has 1 aromatic heterocycles. The molecular weight excluding hydrogens is 330 g/mol. The summed E-state index contributed by atoms with van der Waals surface area (Å²) in [6.07, 6.45) is 0.773. The Morgan fingerprint density at radius 3 is 2.75 bits per heavy atom. The molecule has 2 heterocycles. The maximum Gasteiger partial charge on any atom is 0.251 e.